The van der Waals surface area contributed by atoms with Crippen LogP contribution in [0.5, 0.6) is 11.5 Å². The highest BCUT2D eigenvalue weighted by atomic mass is 16.5. The normalized spacial score (nSPS) is 17.3. The van der Waals surface area contributed by atoms with E-state index in [0.29, 0.717) is 34.0 Å². The van der Waals surface area contributed by atoms with Gasteiger partial charge in [0.05, 0.1) is 18.7 Å². The largest absolute Gasteiger partial charge is 0.508 e. The fourth-order valence-corrected chi connectivity index (χ4v) is 4.54. The second-order valence-electron chi connectivity index (χ2n) is 9.15. The van der Waals surface area contributed by atoms with Gasteiger partial charge in [0.1, 0.15) is 17.3 Å². The van der Waals surface area contributed by atoms with Gasteiger partial charge in [-0.25, -0.2) is 0 Å². The number of hydrogen-bond donors (Lipinski definition) is 2. The number of amides is 1. The highest BCUT2D eigenvalue weighted by Gasteiger charge is 2.47. The number of phenols is 1. The average Bonchev–Trinajstić information content (AvgIpc) is 3.10. The van der Waals surface area contributed by atoms with Crippen molar-refractivity contribution >= 4 is 23.1 Å². The van der Waals surface area contributed by atoms with Gasteiger partial charge < -0.3 is 14.9 Å². The zero-order chi connectivity index (χ0) is 25.4. The predicted molar refractivity (Wildman–Crippen MR) is 136 cm³/mol. The Bertz CT molecular complexity index is 1340. The Hall–Kier alpha value is -4.06. The smallest absolute Gasteiger partial charge is 0.300 e. The van der Waals surface area contributed by atoms with Crippen molar-refractivity contribution in [2.24, 2.45) is 0 Å². The van der Waals surface area contributed by atoms with Crippen LogP contribution in [0, 0.1) is 13.8 Å². The van der Waals surface area contributed by atoms with E-state index < -0.39 is 17.7 Å². The summed E-state index contributed by atoms with van der Waals surface area (Å²) in [4.78, 5) is 28.1. The second-order valence-corrected chi connectivity index (χ2v) is 9.15. The molecule has 6 heteroatoms. The molecule has 1 atom stereocenters. The van der Waals surface area contributed by atoms with E-state index in [0.717, 1.165) is 11.1 Å². The standard InChI is InChI=1S/C29H29NO5/c1-16(2)19-9-11-21(12-10-19)30-26(20-7-6-8-22(31)15-20)25(28(33)29(30)34)27(32)23-13-18(4)24(35-5)14-17(23)3/h6-16,26,31-32H,1-5H3/b27-25+. The van der Waals surface area contributed by atoms with E-state index in [4.69, 9.17) is 4.74 Å². The molecule has 0 aromatic heterocycles. The minimum absolute atomic E-state index is 0.000263. The molecular weight excluding hydrogens is 442 g/mol. The van der Waals surface area contributed by atoms with Crippen molar-refractivity contribution in [2.75, 3.05) is 12.0 Å². The number of aliphatic hydroxyl groups excluding tert-OH is 1. The van der Waals surface area contributed by atoms with Crippen molar-refractivity contribution in [3.8, 4) is 11.5 Å². The Kier molecular flexibility index (Phi) is 6.39. The van der Waals surface area contributed by atoms with Crippen molar-refractivity contribution in [1.82, 2.24) is 0 Å². The van der Waals surface area contributed by atoms with Gasteiger partial charge in [0, 0.05) is 11.3 Å². The maximum atomic E-state index is 13.4. The molecule has 1 fully saturated rings. The first-order valence-electron chi connectivity index (χ1n) is 11.5. The molecule has 0 saturated carbocycles. The van der Waals surface area contributed by atoms with Crippen LogP contribution >= 0.6 is 0 Å². The Balaban J connectivity index is 1.95. The zero-order valence-corrected chi connectivity index (χ0v) is 20.5. The molecule has 180 valence electrons. The number of methoxy groups -OCH3 is 1. The number of aryl methyl sites for hydroxylation is 2. The minimum Gasteiger partial charge on any atom is -0.508 e. The van der Waals surface area contributed by atoms with Crippen LogP contribution in [0.4, 0.5) is 5.69 Å². The number of phenolic OH excluding ortho intramolecular Hbond substituents is 1. The Labute approximate surface area is 205 Å². The Morgan fingerprint density at radius 3 is 2.26 bits per heavy atom. The van der Waals surface area contributed by atoms with Gasteiger partial charge in [-0.3, -0.25) is 14.5 Å². The number of rotatable bonds is 5. The third kappa shape index (κ3) is 4.28. The Morgan fingerprint density at radius 2 is 1.66 bits per heavy atom. The number of carbonyl (C=O) groups is 2. The van der Waals surface area contributed by atoms with E-state index in [2.05, 4.69) is 13.8 Å². The highest BCUT2D eigenvalue weighted by molar-refractivity contribution is 6.51. The van der Waals surface area contributed by atoms with Crippen LogP contribution in [-0.4, -0.2) is 29.0 Å². The first-order chi connectivity index (χ1) is 16.6. The van der Waals surface area contributed by atoms with E-state index in [1.807, 2.05) is 19.1 Å². The van der Waals surface area contributed by atoms with Crippen LogP contribution in [0.1, 0.15) is 53.6 Å². The van der Waals surface area contributed by atoms with Crippen molar-refractivity contribution in [3.05, 3.63) is 94.1 Å². The number of aliphatic hydroxyl groups is 1. The molecule has 1 aliphatic heterocycles. The van der Waals surface area contributed by atoms with Crippen LogP contribution in [0.3, 0.4) is 0 Å². The van der Waals surface area contributed by atoms with Gasteiger partial charge in [-0.1, -0.05) is 38.1 Å². The summed E-state index contributed by atoms with van der Waals surface area (Å²) in [6, 6.07) is 16.5. The maximum Gasteiger partial charge on any atom is 0.300 e. The molecular formula is C29H29NO5. The van der Waals surface area contributed by atoms with Gasteiger partial charge in [0.15, 0.2) is 0 Å². The molecule has 0 bridgehead atoms. The number of ether oxygens (including phenoxy) is 1. The van der Waals surface area contributed by atoms with E-state index >= 15 is 0 Å². The number of nitrogens with zero attached hydrogens (tertiary/aromatic N) is 1. The number of Topliss-reactive ketones (excluding diaryl/α,β-unsaturated/α-hetero) is 1. The van der Waals surface area contributed by atoms with E-state index in [1.54, 1.807) is 50.4 Å². The monoisotopic (exact) mass is 471 g/mol. The third-order valence-corrected chi connectivity index (χ3v) is 6.47. The molecule has 1 unspecified atom stereocenters. The molecule has 3 aromatic rings. The second kappa shape index (κ2) is 9.29. The lowest BCUT2D eigenvalue weighted by atomic mass is 9.92. The van der Waals surface area contributed by atoms with Crippen molar-refractivity contribution < 1.29 is 24.5 Å². The molecule has 3 aromatic carbocycles. The minimum atomic E-state index is -0.909. The van der Waals surface area contributed by atoms with Crippen LogP contribution < -0.4 is 9.64 Å². The lowest BCUT2D eigenvalue weighted by Crippen LogP contribution is -2.29. The van der Waals surface area contributed by atoms with Crippen molar-refractivity contribution in [1.29, 1.82) is 0 Å². The zero-order valence-electron chi connectivity index (χ0n) is 20.5. The first kappa shape index (κ1) is 24.1. The highest BCUT2D eigenvalue weighted by Crippen LogP contribution is 2.43. The summed E-state index contributed by atoms with van der Waals surface area (Å²) >= 11 is 0. The molecule has 35 heavy (non-hydrogen) atoms. The van der Waals surface area contributed by atoms with E-state index in [-0.39, 0.29) is 17.1 Å². The quantitative estimate of drug-likeness (QED) is 0.280. The topological polar surface area (TPSA) is 87.1 Å². The maximum absolute atomic E-state index is 13.4. The third-order valence-electron chi connectivity index (χ3n) is 6.47. The van der Waals surface area contributed by atoms with Gasteiger partial charge >= 0.3 is 0 Å². The number of carbonyl (C=O) groups excluding carboxylic acids is 2. The van der Waals surface area contributed by atoms with E-state index in [1.165, 1.54) is 17.0 Å². The number of ketones is 1. The van der Waals surface area contributed by atoms with Crippen LogP contribution in [0.15, 0.2) is 66.2 Å². The lowest BCUT2D eigenvalue weighted by molar-refractivity contribution is -0.132. The fraction of sp³-hybridized carbons (Fsp3) is 0.241. The summed E-state index contributed by atoms with van der Waals surface area (Å²) in [6.45, 7) is 7.80. The molecule has 1 amide bonds. The van der Waals surface area contributed by atoms with Crippen molar-refractivity contribution in [2.45, 2.75) is 39.7 Å². The molecule has 1 aliphatic rings. The number of aromatic hydroxyl groups is 1. The van der Waals surface area contributed by atoms with Crippen LogP contribution in [0.2, 0.25) is 0 Å². The van der Waals surface area contributed by atoms with Crippen LogP contribution in [-0.2, 0) is 9.59 Å². The lowest BCUT2D eigenvalue weighted by Gasteiger charge is -2.26. The summed E-state index contributed by atoms with van der Waals surface area (Å²) in [5, 5.41) is 21.6. The van der Waals surface area contributed by atoms with Gasteiger partial charge in [0.25, 0.3) is 11.7 Å². The van der Waals surface area contributed by atoms with E-state index in [9.17, 15) is 19.8 Å². The predicted octanol–water partition coefficient (Wildman–Crippen LogP) is 5.77. The molecule has 2 N–H and O–H groups in total. The SMILES string of the molecule is COc1cc(C)c(/C(O)=C2\C(=O)C(=O)N(c3ccc(C(C)C)cc3)C2c2cccc(O)c2)cc1C. The summed E-state index contributed by atoms with van der Waals surface area (Å²) < 4.78 is 5.37. The number of hydrogen-bond acceptors (Lipinski definition) is 5. The molecule has 0 spiro atoms. The average molecular weight is 472 g/mol. The van der Waals surface area contributed by atoms with Crippen molar-refractivity contribution in [3.63, 3.8) is 0 Å². The van der Waals surface area contributed by atoms with Gasteiger partial charge in [-0.2, -0.15) is 0 Å². The fourth-order valence-electron chi connectivity index (χ4n) is 4.54. The summed E-state index contributed by atoms with van der Waals surface area (Å²) in [6.07, 6.45) is 0. The molecule has 1 saturated heterocycles. The van der Waals surface area contributed by atoms with Gasteiger partial charge in [0.2, 0.25) is 0 Å². The number of anilines is 1. The summed E-state index contributed by atoms with van der Waals surface area (Å²) in [5.41, 5.74) is 4.05. The van der Waals surface area contributed by atoms with Crippen LogP contribution in [0.25, 0.3) is 5.76 Å². The summed E-state index contributed by atoms with van der Waals surface area (Å²) in [5.74, 6) is -0.811. The molecule has 1 heterocycles. The Morgan fingerprint density at radius 1 is 0.971 bits per heavy atom. The van der Waals surface area contributed by atoms with Gasteiger partial charge in [-0.05, 0) is 78.4 Å². The molecule has 6 nitrogen and oxygen atoms in total. The van der Waals surface area contributed by atoms with Gasteiger partial charge in [-0.15, -0.1) is 0 Å². The molecule has 0 radical (unpaired) electrons. The number of benzene rings is 3. The molecule has 0 aliphatic carbocycles. The summed E-state index contributed by atoms with van der Waals surface area (Å²) in [7, 11) is 1.57. The molecule has 4 rings (SSSR count). The first-order valence-corrected chi connectivity index (χ1v) is 11.5.